The van der Waals surface area contributed by atoms with Gasteiger partial charge in [0.15, 0.2) is 0 Å². The van der Waals surface area contributed by atoms with Crippen LogP contribution in [0.3, 0.4) is 0 Å². The zero-order valence-corrected chi connectivity index (χ0v) is 10.6. The Bertz CT molecular complexity index is 505. The highest BCUT2D eigenvalue weighted by Crippen LogP contribution is 2.26. The lowest BCUT2D eigenvalue weighted by atomic mass is 9.94. The van der Waals surface area contributed by atoms with Crippen molar-refractivity contribution in [3.8, 4) is 16.9 Å². The summed E-state index contributed by atoms with van der Waals surface area (Å²) in [4.78, 5) is 0. The maximum Gasteiger partial charge on any atom is 0.115 e. The topological polar surface area (TPSA) is 46.2 Å². The minimum atomic E-state index is 0.298. The van der Waals surface area contributed by atoms with Gasteiger partial charge in [0.05, 0.1) is 0 Å². The third kappa shape index (κ3) is 2.90. The fourth-order valence-electron chi connectivity index (χ4n) is 2.10. The maximum atomic E-state index is 9.30. The molecule has 3 N–H and O–H groups in total. The van der Waals surface area contributed by atoms with Gasteiger partial charge in [-0.25, -0.2) is 0 Å². The van der Waals surface area contributed by atoms with E-state index in [-0.39, 0.29) is 0 Å². The van der Waals surface area contributed by atoms with Gasteiger partial charge >= 0.3 is 0 Å². The quantitative estimate of drug-likeness (QED) is 0.860. The Labute approximate surface area is 108 Å². The molecule has 0 saturated carbocycles. The van der Waals surface area contributed by atoms with Crippen LogP contribution in [-0.2, 0) is 0 Å². The molecule has 2 nitrogen and oxygen atoms in total. The normalized spacial score (nSPS) is 12.3. The number of hydrogen-bond donors (Lipinski definition) is 2. The lowest BCUT2D eigenvalue weighted by Gasteiger charge is -2.12. The highest BCUT2D eigenvalue weighted by Gasteiger charge is 2.06. The van der Waals surface area contributed by atoms with E-state index in [9.17, 15) is 5.11 Å². The Kier molecular flexibility index (Phi) is 4.00. The van der Waals surface area contributed by atoms with Crippen LogP contribution in [0.4, 0.5) is 0 Å². The van der Waals surface area contributed by atoms with Crippen LogP contribution in [-0.4, -0.2) is 11.7 Å². The first kappa shape index (κ1) is 12.7. The van der Waals surface area contributed by atoms with Gasteiger partial charge in [-0.1, -0.05) is 43.3 Å². The number of phenols is 1. The molecule has 0 bridgehead atoms. The van der Waals surface area contributed by atoms with Crippen LogP contribution in [0, 0.1) is 0 Å². The summed E-state index contributed by atoms with van der Waals surface area (Å²) in [6, 6.07) is 15.8. The predicted octanol–water partition coefficient (Wildman–Crippen LogP) is 3.51. The van der Waals surface area contributed by atoms with Gasteiger partial charge in [0.1, 0.15) is 5.75 Å². The van der Waals surface area contributed by atoms with Gasteiger partial charge in [-0.15, -0.1) is 0 Å². The third-order valence-electron chi connectivity index (χ3n) is 3.26. The smallest absolute Gasteiger partial charge is 0.115 e. The Balaban J connectivity index is 2.29. The molecule has 0 fully saturated rings. The number of nitrogens with two attached hydrogens (primary N) is 1. The zero-order valence-electron chi connectivity index (χ0n) is 10.6. The van der Waals surface area contributed by atoms with E-state index in [1.807, 2.05) is 12.1 Å². The Morgan fingerprint density at radius 3 is 2.44 bits per heavy atom. The van der Waals surface area contributed by atoms with Gasteiger partial charge in [0.25, 0.3) is 0 Å². The second-order valence-electron chi connectivity index (χ2n) is 4.65. The van der Waals surface area contributed by atoms with Gasteiger partial charge < -0.3 is 10.8 Å². The summed E-state index contributed by atoms with van der Waals surface area (Å²) in [5.41, 5.74) is 9.21. The van der Waals surface area contributed by atoms with Gasteiger partial charge in [-0.05, 0) is 47.7 Å². The first-order chi connectivity index (χ1) is 8.70. The second-order valence-corrected chi connectivity index (χ2v) is 4.65. The van der Waals surface area contributed by atoms with Crippen LogP contribution in [0.15, 0.2) is 48.5 Å². The molecule has 0 radical (unpaired) electrons. The van der Waals surface area contributed by atoms with Crippen molar-refractivity contribution in [1.82, 2.24) is 0 Å². The molecule has 0 aliphatic rings. The fraction of sp³-hybridized carbons (Fsp3) is 0.250. The number of hydrogen-bond acceptors (Lipinski definition) is 2. The van der Waals surface area contributed by atoms with Crippen molar-refractivity contribution >= 4 is 0 Å². The van der Waals surface area contributed by atoms with E-state index in [1.54, 1.807) is 12.1 Å². The largest absolute Gasteiger partial charge is 0.508 e. The van der Waals surface area contributed by atoms with Crippen molar-refractivity contribution in [3.63, 3.8) is 0 Å². The standard InChI is InChI=1S/C16H19NO/c1-12(9-10-17)14-3-2-4-15(11-14)13-5-7-16(18)8-6-13/h2-8,11-12,18H,9-10,17H2,1H3. The zero-order chi connectivity index (χ0) is 13.0. The van der Waals surface area contributed by atoms with Gasteiger partial charge in [-0.2, -0.15) is 0 Å². The lowest BCUT2D eigenvalue weighted by molar-refractivity contribution is 0.475. The minimum Gasteiger partial charge on any atom is -0.508 e. The predicted molar refractivity (Wildman–Crippen MR) is 75.6 cm³/mol. The van der Waals surface area contributed by atoms with Crippen molar-refractivity contribution in [2.24, 2.45) is 5.73 Å². The van der Waals surface area contributed by atoms with E-state index in [1.165, 1.54) is 11.1 Å². The van der Waals surface area contributed by atoms with E-state index >= 15 is 0 Å². The molecule has 0 saturated heterocycles. The first-order valence-electron chi connectivity index (χ1n) is 6.30. The monoisotopic (exact) mass is 241 g/mol. The van der Waals surface area contributed by atoms with Crippen LogP contribution in [0.2, 0.25) is 0 Å². The van der Waals surface area contributed by atoms with Crippen LogP contribution >= 0.6 is 0 Å². The van der Waals surface area contributed by atoms with E-state index in [2.05, 4.69) is 31.2 Å². The molecule has 0 heterocycles. The summed E-state index contributed by atoms with van der Waals surface area (Å²) in [6.07, 6.45) is 0.999. The molecule has 0 aliphatic heterocycles. The van der Waals surface area contributed by atoms with Crippen LogP contribution < -0.4 is 5.73 Å². The Morgan fingerprint density at radius 1 is 1.06 bits per heavy atom. The van der Waals surface area contributed by atoms with Crippen molar-refractivity contribution < 1.29 is 5.11 Å². The fourth-order valence-corrected chi connectivity index (χ4v) is 2.10. The summed E-state index contributed by atoms with van der Waals surface area (Å²) in [5, 5.41) is 9.30. The average molecular weight is 241 g/mol. The van der Waals surface area contributed by atoms with Crippen molar-refractivity contribution in [1.29, 1.82) is 0 Å². The van der Waals surface area contributed by atoms with Gasteiger partial charge in [0, 0.05) is 0 Å². The molecule has 94 valence electrons. The van der Waals surface area contributed by atoms with E-state index in [4.69, 9.17) is 5.73 Å². The van der Waals surface area contributed by atoms with Crippen molar-refractivity contribution in [2.45, 2.75) is 19.3 Å². The molecule has 2 rings (SSSR count). The third-order valence-corrected chi connectivity index (χ3v) is 3.26. The van der Waals surface area contributed by atoms with Crippen LogP contribution in [0.1, 0.15) is 24.8 Å². The molecule has 2 aromatic rings. The number of aromatic hydroxyl groups is 1. The molecule has 2 heteroatoms. The maximum absolute atomic E-state index is 9.30. The minimum absolute atomic E-state index is 0.298. The molecule has 2 aromatic carbocycles. The van der Waals surface area contributed by atoms with Crippen molar-refractivity contribution in [2.75, 3.05) is 6.54 Å². The summed E-state index contributed by atoms with van der Waals surface area (Å²) < 4.78 is 0. The first-order valence-corrected chi connectivity index (χ1v) is 6.30. The number of rotatable bonds is 4. The molecule has 18 heavy (non-hydrogen) atoms. The highest BCUT2D eigenvalue weighted by molar-refractivity contribution is 5.65. The molecular formula is C16H19NO. The van der Waals surface area contributed by atoms with E-state index in [0.717, 1.165) is 12.0 Å². The van der Waals surface area contributed by atoms with Crippen LogP contribution in [0.5, 0.6) is 5.75 Å². The summed E-state index contributed by atoms with van der Waals surface area (Å²) in [5.74, 6) is 0.776. The molecule has 0 aromatic heterocycles. The van der Waals surface area contributed by atoms with Crippen molar-refractivity contribution in [3.05, 3.63) is 54.1 Å². The molecule has 1 atom stereocenters. The summed E-state index contributed by atoms with van der Waals surface area (Å²) in [7, 11) is 0. The van der Waals surface area contributed by atoms with E-state index in [0.29, 0.717) is 18.2 Å². The van der Waals surface area contributed by atoms with Crippen LogP contribution in [0.25, 0.3) is 11.1 Å². The van der Waals surface area contributed by atoms with Gasteiger partial charge in [-0.3, -0.25) is 0 Å². The van der Waals surface area contributed by atoms with Gasteiger partial charge in [0.2, 0.25) is 0 Å². The Morgan fingerprint density at radius 2 is 1.78 bits per heavy atom. The van der Waals surface area contributed by atoms with E-state index < -0.39 is 0 Å². The SMILES string of the molecule is CC(CCN)c1cccc(-c2ccc(O)cc2)c1. The summed E-state index contributed by atoms with van der Waals surface area (Å²) in [6.45, 7) is 2.91. The molecule has 1 unspecified atom stereocenters. The lowest BCUT2D eigenvalue weighted by Crippen LogP contribution is -2.04. The average Bonchev–Trinajstić information content (AvgIpc) is 2.40. The molecular weight excluding hydrogens is 222 g/mol. The second kappa shape index (κ2) is 5.69. The Hall–Kier alpha value is -1.80. The summed E-state index contributed by atoms with van der Waals surface area (Å²) >= 11 is 0. The number of phenolic OH excluding ortho intramolecular Hbond substituents is 1. The molecule has 0 spiro atoms. The molecule has 0 amide bonds. The molecule has 0 aliphatic carbocycles. The highest BCUT2D eigenvalue weighted by atomic mass is 16.3. The number of benzene rings is 2.